The number of anilines is 1. The molecule has 1 aliphatic carbocycles. The Morgan fingerprint density at radius 3 is 2.70 bits per heavy atom. The lowest BCUT2D eigenvalue weighted by Crippen LogP contribution is -2.27. The third-order valence-electron chi connectivity index (χ3n) is 5.69. The first-order chi connectivity index (χ1) is 14.4. The standard InChI is InChI=1S/C22H27N3O4S/c1-30(27,28)25-12-11-17-13-18(8-9-20(17)25)22(26)24-15-16-7-10-21(23-14-16)29-19-5-3-2-4-6-19/h7-10,13-14,19H,2-6,11-12,15H2,1H3,(H,24,26). The highest BCUT2D eigenvalue weighted by molar-refractivity contribution is 7.92. The van der Waals surface area contributed by atoms with Gasteiger partial charge >= 0.3 is 0 Å². The molecule has 1 saturated carbocycles. The average molecular weight is 430 g/mol. The molecule has 0 bridgehead atoms. The first-order valence-electron chi connectivity index (χ1n) is 10.4. The summed E-state index contributed by atoms with van der Waals surface area (Å²) in [6.45, 7) is 0.780. The number of carbonyl (C=O) groups is 1. The molecule has 30 heavy (non-hydrogen) atoms. The Kier molecular flexibility index (Phi) is 5.94. The fourth-order valence-corrected chi connectivity index (χ4v) is 5.04. The van der Waals surface area contributed by atoms with E-state index in [1.165, 1.54) is 29.8 Å². The molecule has 0 unspecified atom stereocenters. The SMILES string of the molecule is CS(=O)(=O)N1CCc2cc(C(=O)NCc3ccc(OC4CCCCC4)nc3)ccc21. The van der Waals surface area contributed by atoms with Gasteiger partial charge in [-0.15, -0.1) is 0 Å². The Labute approximate surface area is 177 Å². The molecular weight excluding hydrogens is 402 g/mol. The minimum Gasteiger partial charge on any atom is -0.474 e. The van der Waals surface area contributed by atoms with Crippen LogP contribution in [0.2, 0.25) is 0 Å². The maximum atomic E-state index is 12.5. The van der Waals surface area contributed by atoms with Gasteiger partial charge in [-0.2, -0.15) is 0 Å². The summed E-state index contributed by atoms with van der Waals surface area (Å²) in [4.78, 5) is 16.9. The minimum atomic E-state index is -3.29. The van der Waals surface area contributed by atoms with Gasteiger partial charge in [0.15, 0.2) is 0 Å². The van der Waals surface area contributed by atoms with Gasteiger partial charge in [-0.05, 0) is 61.4 Å². The highest BCUT2D eigenvalue weighted by Gasteiger charge is 2.26. The molecule has 0 saturated heterocycles. The van der Waals surface area contributed by atoms with Gasteiger partial charge in [-0.3, -0.25) is 9.10 Å². The van der Waals surface area contributed by atoms with E-state index < -0.39 is 10.0 Å². The quantitative estimate of drug-likeness (QED) is 0.762. The van der Waals surface area contributed by atoms with Gasteiger partial charge < -0.3 is 10.1 Å². The summed E-state index contributed by atoms with van der Waals surface area (Å²) in [6.07, 6.45) is 9.67. The number of rotatable bonds is 6. The average Bonchev–Trinajstić information content (AvgIpc) is 3.17. The number of hydrogen-bond donors (Lipinski definition) is 1. The van der Waals surface area contributed by atoms with Crippen LogP contribution in [-0.4, -0.2) is 38.2 Å². The van der Waals surface area contributed by atoms with Gasteiger partial charge in [0, 0.05) is 30.9 Å². The predicted octanol–water partition coefficient (Wildman–Crippen LogP) is 3.05. The van der Waals surface area contributed by atoms with Gasteiger partial charge in [0.05, 0.1) is 11.9 Å². The smallest absolute Gasteiger partial charge is 0.251 e. The van der Waals surface area contributed by atoms with E-state index in [1.807, 2.05) is 12.1 Å². The molecular formula is C22H27N3O4S. The van der Waals surface area contributed by atoms with Crippen molar-refractivity contribution in [2.45, 2.75) is 51.2 Å². The lowest BCUT2D eigenvalue weighted by molar-refractivity contribution is 0.0951. The van der Waals surface area contributed by atoms with E-state index in [-0.39, 0.29) is 12.0 Å². The van der Waals surface area contributed by atoms with Crippen LogP contribution >= 0.6 is 0 Å². The predicted molar refractivity (Wildman–Crippen MR) is 115 cm³/mol. The van der Waals surface area contributed by atoms with Crippen molar-refractivity contribution in [1.82, 2.24) is 10.3 Å². The van der Waals surface area contributed by atoms with Gasteiger partial charge in [0.1, 0.15) is 6.10 Å². The molecule has 1 N–H and O–H groups in total. The molecule has 4 rings (SSSR count). The van der Waals surface area contributed by atoms with Crippen molar-refractivity contribution < 1.29 is 17.9 Å². The Bertz CT molecular complexity index is 1020. The van der Waals surface area contributed by atoms with Crippen LogP contribution in [0, 0.1) is 0 Å². The van der Waals surface area contributed by atoms with Crippen LogP contribution in [0.25, 0.3) is 0 Å². The molecule has 0 radical (unpaired) electrons. The number of fused-ring (bicyclic) bond motifs is 1. The summed E-state index contributed by atoms with van der Waals surface area (Å²) >= 11 is 0. The zero-order valence-electron chi connectivity index (χ0n) is 17.1. The van der Waals surface area contributed by atoms with Gasteiger partial charge in [0.2, 0.25) is 15.9 Å². The highest BCUT2D eigenvalue weighted by Crippen LogP contribution is 2.30. The Balaban J connectivity index is 1.33. The minimum absolute atomic E-state index is 0.196. The molecule has 1 fully saturated rings. The fraction of sp³-hybridized carbons (Fsp3) is 0.455. The van der Waals surface area contributed by atoms with Crippen LogP contribution < -0.4 is 14.4 Å². The van der Waals surface area contributed by atoms with Crippen LogP contribution in [0.4, 0.5) is 5.69 Å². The Morgan fingerprint density at radius 1 is 1.20 bits per heavy atom. The van der Waals surface area contributed by atoms with E-state index in [1.54, 1.807) is 24.4 Å². The molecule has 1 aliphatic heterocycles. The number of nitrogens with one attached hydrogen (secondary N) is 1. The lowest BCUT2D eigenvalue weighted by Gasteiger charge is -2.22. The van der Waals surface area contributed by atoms with Crippen molar-refractivity contribution in [1.29, 1.82) is 0 Å². The van der Waals surface area contributed by atoms with Crippen molar-refractivity contribution >= 4 is 21.6 Å². The summed E-state index contributed by atoms with van der Waals surface area (Å²) in [5.74, 6) is 0.434. The maximum absolute atomic E-state index is 12.5. The Morgan fingerprint density at radius 2 is 2.00 bits per heavy atom. The van der Waals surface area contributed by atoms with Crippen molar-refractivity contribution in [2.75, 3.05) is 17.1 Å². The number of amides is 1. The van der Waals surface area contributed by atoms with Crippen LogP contribution in [0.3, 0.4) is 0 Å². The first kappa shape index (κ1) is 20.7. The summed E-state index contributed by atoms with van der Waals surface area (Å²) in [7, 11) is -3.29. The van der Waals surface area contributed by atoms with Crippen molar-refractivity contribution in [2.24, 2.45) is 0 Å². The molecule has 0 spiro atoms. The normalized spacial score (nSPS) is 16.9. The zero-order chi connectivity index (χ0) is 21.1. The summed E-state index contributed by atoms with van der Waals surface area (Å²) in [6, 6.07) is 8.91. The second kappa shape index (κ2) is 8.63. The zero-order valence-corrected chi connectivity index (χ0v) is 18.0. The number of hydrogen-bond acceptors (Lipinski definition) is 5. The number of pyridine rings is 1. The molecule has 1 aromatic carbocycles. The van der Waals surface area contributed by atoms with E-state index in [0.29, 0.717) is 36.6 Å². The summed E-state index contributed by atoms with van der Waals surface area (Å²) < 4.78 is 31.0. The number of benzene rings is 1. The maximum Gasteiger partial charge on any atom is 0.251 e. The lowest BCUT2D eigenvalue weighted by atomic mass is 9.98. The number of carbonyl (C=O) groups excluding carboxylic acids is 1. The summed E-state index contributed by atoms with van der Waals surface area (Å²) in [5.41, 5.74) is 2.95. The molecule has 2 heterocycles. The van der Waals surface area contributed by atoms with Gasteiger partial charge in [-0.1, -0.05) is 12.5 Å². The third kappa shape index (κ3) is 4.75. The van der Waals surface area contributed by atoms with E-state index in [2.05, 4.69) is 10.3 Å². The second-order valence-corrected chi connectivity index (χ2v) is 9.90. The highest BCUT2D eigenvalue weighted by atomic mass is 32.2. The van der Waals surface area contributed by atoms with Crippen LogP contribution in [0.5, 0.6) is 5.88 Å². The van der Waals surface area contributed by atoms with Crippen molar-refractivity contribution in [3.63, 3.8) is 0 Å². The van der Waals surface area contributed by atoms with E-state index >= 15 is 0 Å². The molecule has 8 heteroatoms. The molecule has 7 nitrogen and oxygen atoms in total. The third-order valence-corrected chi connectivity index (χ3v) is 6.87. The van der Waals surface area contributed by atoms with E-state index in [4.69, 9.17) is 4.74 Å². The van der Waals surface area contributed by atoms with E-state index in [0.717, 1.165) is 24.0 Å². The Hall–Kier alpha value is -2.61. The summed E-state index contributed by atoms with van der Waals surface area (Å²) in [5, 5.41) is 2.90. The topological polar surface area (TPSA) is 88.6 Å². The number of sulfonamides is 1. The molecule has 1 aromatic heterocycles. The molecule has 2 aromatic rings. The number of ether oxygens (including phenoxy) is 1. The van der Waals surface area contributed by atoms with Crippen LogP contribution in [0.1, 0.15) is 53.6 Å². The molecule has 0 atom stereocenters. The monoisotopic (exact) mass is 429 g/mol. The number of aromatic nitrogens is 1. The van der Waals surface area contributed by atoms with Gasteiger partial charge in [-0.25, -0.2) is 13.4 Å². The first-order valence-corrected chi connectivity index (χ1v) is 12.3. The van der Waals surface area contributed by atoms with Crippen LogP contribution in [0.15, 0.2) is 36.5 Å². The van der Waals surface area contributed by atoms with E-state index in [9.17, 15) is 13.2 Å². The fourth-order valence-electron chi connectivity index (χ4n) is 4.08. The second-order valence-electron chi connectivity index (χ2n) is 7.99. The molecule has 2 aliphatic rings. The van der Waals surface area contributed by atoms with Gasteiger partial charge in [0.25, 0.3) is 5.91 Å². The number of nitrogens with zero attached hydrogens (tertiary/aromatic N) is 2. The molecule has 160 valence electrons. The molecule has 1 amide bonds. The van der Waals surface area contributed by atoms with Crippen molar-refractivity contribution in [3.05, 3.63) is 53.2 Å². The van der Waals surface area contributed by atoms with Crippen molar-refractivity contribution in [3.8, 4) is 5.88 Å². The van der Waals surface area contributed by atoms with Crippen LogP contribution in [-0.2, 0) is 23.0 Å². The largest absolute Gasteiger partial charge is 0.474 e.